The van der Waals surface area contributed by atoms with Crippen molar-refractivity contribution in [1.82, 2.24) is 4.90 Å². The van der Waals surface area contributed by atoms with Crippen molar-refractivity contribution < 1.29 is 9.59 Å². The lowest BCUT2D eigenvalue weighted by Crippen LogP contribution is -2.37. The maximum atomic E-state index is 12.1. The van der Waals surface area contributed by atoms with Gasteiger partial charge in [0.1, 0.15) is 6.42 Å². The van der Waals surface area contributed by atoms with E-state index in [1.54, 1.807) is 0 Å². The first-order valence-electron chi connectivity index (χ1n) is 7.78. The molecule has 1 heterocycles. The molecule has 0 aromatic heterocycles. The number of amides is 2. The number of nitrogens with zero attached hydrogens (tertiary/aromatic N) is 1. The average Bonchev–Trinajstić information content (AvgIpc) is 2.50. The number of aryl methyl sites for hydroxylation is 2. The van der Waals surface area contributed by atoms with E-state index in [0.29, 0.717) is 0 Å². The molecule has 1 fully saturated rings. The van der Waals surface area contributed by atoms with Crippen molar-refractivity contribution in [2.75, 3.05) is 18.4 Å². The summed E-state index contributed by atoms with van der Waals surface area (Å²) in [7, 11) is 0. The Morgan fingerprint density at radius 2 is 1.90 bits per heavy atom. The van der Waals surface area contributed by atoms with Gasteiger partial charge < -0.3 is 10.2 Å². The van der Waals surface area contributed by atoms with Gasteiger partial charge in [-0.3, -0.25) is 9.59 Å². The molecule has 0 radical (unpaired) electrons. The Hall–Kier alpha value is -1.84. The van der Waals surface area contributed by atoms with E-state index >= 15 is 0 Å². The summed E-state index contributed by atoms with van der Waals surface area (Å²) in [5.41, 5.74) is 3.00. The molecule has 0 saturated carbocycles. The zero-order valence-electron chi connectivity index (χ0n) is 12.9. The highest BCUT2D eigenvalue weighted by Crippen LogP contribution is 2.21. The fourth-order valence-electron chi connectivity index (χ4n) is 2.78. The van der Waals surface area contributed by atoms with E-state index in [2.05, 4.69) is 12.2 Å². The number of nitrogens with one attached hydrogen (secondary N) is 1. The third-order valence-electron chi connectivity index (χ3n) is 4.02. The number of para-hydroxylation sites is 1. The number of benzene rings is 1. The monoisotopic (exact) mass is 288 g/mol. The lowest BCUT2D eigenvalue weighted by molar-refractivity contribution is -0.135. The Balaban J connectivity index is 1.97. The van der Waals surface area contributed by atoms with Gasteiger partial charge in [-0.05, 0) is 43.7 Å². The molecular formula is C17H24N2O2. The first-order valence-corrected chi connectivity index (χ1v) is 7.78. The molecule has 2 rings (SSSR count). The van der Waals surface area contributed by atoms with Crippen LogP contribution in [0.25, 0.3) is 0 Å². The lowest BCUT2D eigenvalue weighted by atomic mass is 10.1. The van der Waals surface area contributed by atoms with E-state index in [1.807, 2.05) is 30.0 Å². The van der Waals surface area contributed by atoms with Gasteiger partial charge in [-0.15, -0.1) is 0 Å². The molecule has 1 aliphatic heterocycles. The Morgan fingerprint density at radius 1 is 1.19 bits per heavy atom. The van der Waals surface area contributed by atoms with Crippen LogP contribution in [-0.2, 0) is 16.0 Å². The van der Waals surface area contributed by atoms with Crippen LogP contribution in [0.5, 0.6) is 0 Å². The van der Waals surface area contributed by atoms with Crippen molar-refractivity contribution >= 4 is 17.5 Å². The van der Waals surface area contributed by atoms with Crippen LogP contribution in [0.4, 0.5) is 5.69 Å². The van der Waals surface area contributed by atoms with Crippen LogP contribution in [0.15, 0.2) is 18.2 Å². The fourth-order valence-corrected chi connectivity index (χ4v) is 2.78. The second-order valence-corrected chi connectivity index (χ2v) is 5.63. The molecule has 2 amide bonds. The summed E-state index contributed by atoms with van der Waals surface area (Å²) in [5.74, 6) is -0.270. The molecule has 1 aliphatic rings. The van der Waals surface area contributed by atoms with Gasteiger partial charge in [-0.1, -0.05) is 25.1 Å². The van der Waals surface area contributed by atoms with Crippen LogP contribution in [0, 0.1) is 6.92 Å². The molecule has 114 valence electrons. The minimum atomic E-state index is -0.213. The van der Waals surface area contributed by atoms with E-state index < -0.39 is 0 Å². The molecule has 1 N–H and O–H groups in total. The van der Waals surface area contributed by atoms with E-state index in [9.17, 15) is 9.59 Å². The van der Waals surface area contributed by atoms with Crippen molar-refractivity contribution in [3.05, 3.63) is 29.3 Å². The average molecular weight is 288 g/mol. The number of hydrogen-bond donors (Lipinski definition) is 1. The standard InChI is InChI=1S/C17H24N2O2/c1-3-14-9-7-8-13(2)17(14)18-15(20)12-16(21)19-10-5-4-6-11-19/h7-9H,3-6,10-12H2,1-2H3,(H,18,20). The Morgan fingerprint density at radius 3 is 2.57 bits per heavy atom. The third kappa shape index (κ3) is 4.06. The highest BCUT2D eigenvalue weighted by atomic mass is 16.2. The van der Waals surface area contributed by atoms with Crippen LogP contribution < -0.4 is 5.32 Å². The van der Waals surface area contributed by atoms with Crippen LogP contribution in [0.1, 0.15) is 43.7 Å². The van der Waals surface area contributed by atoms with E-state index in [1.165, 1.54) is 6.42 Å². The maximum absolute atomic E-state index is 12.1. The zero-order chi connectivity index (χ0) is 15.2. The summed E-state index contributed by atoms with van der Waals surface area (Å²) in [6.07, 6.45) is 4.07. The summed E-state index contributed by atoms with van der Waals surface area (Å²) in [6.45, 7) is 5.61. The minimum absolute atomic E-state index is 0.0566. The predicted octanol–water partition coefficient (Wildman–Crippen LogP) is 2.90. The lowest BCUT2D eigenvalue weighted by Gasteiger charge is -2.26. The van der Waals surface area contributed by atoms with Gasteiger partial charge >= 0.3 is 0 Å². The van der Waals surface area contributed by atoms with Crippen LogP contribution in [0.2, 0.25) is 0 Å². The third-order valence-corrected chi connectivity index (χ3v) is 4.02. The molecule has 1 aromatic carbocycles. The Kier molecular flexibility index (Phi) is 5.37. The smallest absolute Gasteiger partial charge is 0.233 e. The van der Waals surface area contributed by atoms with Gasteiger partial charge in [0.2, 0.25) is 11.8 Å². The second kappa shape index (κ2) is 7.25. The number of likely N-dealkylation sites (tertiary alicyclic amines) is 1. The number of carbonyl (C=O) groups excluding carboxylic acids is 2. The van der Waals surface area contributed by atoms with Gasteiger partial charge in [-0.2, -0.15) is 0 Å². The molecule has 21 heavy (non-hydrogen) atoms. The topological polar surface area (TPSA) is 49.4 Å². The molecule has 0 aliphatic carbocycles. The Labute approximate surface area is 126 Å². The van der Waals surface area contributed by atoms with E-state index in [4.69, 9.17) is 0 Å². The van der Waals surface area contributed by atoms with Crippen molar-refractivity contribution in [2.24, 2.45) is 0 Å². The van der Waals surface area contributed by atoms with E-state index in [-0.39, 0.29) is 18.2 Å². The van der Waals surface area contributed by atoms with Crippen molar-refractivity contribution in [1.29, 1.82) is 0 Å². The summed E-state index contributed by atoms with van der Waals surface area (Å²) in [6, 6.07) is 5.97. The highest BCUT2D eigenvalue weighted by molar-refractivity contribution is 6.04. The van der Waals surface area contributed by atoms with Crippen molar-refractivity contribution in [2.45, 2.75) is 46.0 Å². The summed E-state index contributed by atoms with van der Waals surface area (Å²) < 4.78 is 0. The molecule has 4 nitrogen and oxygen atoms in total. The number of carbonyl (C=O) groups is 2. The van der Waals surface area contributed by atoms with Crippen molar-refractivity contribution in [3.63, 3.8) is 0 Å². The summed E-state index contributed by atoms with van der Waals surface area (Å²) in [4.78, 5) is 26.0. The van der Waals surface area contributed by atoms with Crippen LogP contribution in [-0.4, -0.2) is 29.8 Å². The van der Waals surface area contributed by atoms with E-state index in [0.717, 1.165) is 49.2 Å². The number of piperidine rings is 1. The molecule has 0 unspecified atom stereocenters. The zero-order valence-corrected chi connectivity index (χ0v) is 12.9. The quantitative estimate of drug-likeness (QED) is 0.866. The molecule has 0 bridgehead atoms. The molecule has 0 spiro atoms. The highest BCUT2D eigenvalue weighted by Gasteiger charge is 2.19. The minimum Gasteiger partial charge on any atom is -0.342 e. The first-order chi connectivity index (χ1) is 10.1. The molecule has 4 heteroatoms. The van der Waals surface area contributed by atoms with Crippen molar-refractivity contribution in [3.8, 4) is 0 Å². The van der Waals surface area contributed by atoms with Gasteiger partial charge in [-0.25, -0.2) is 0 Å². The van der Waals surface area contributed by atoms with Crippen LogP contribution in [0.3, 0.4) is 0 Å². The fraction of sp³-hybridized carbons (Fsp3) is 0.529. The predicted molar refractivity (Wildman–Crippen MR) is 84.2 cm³/mol. The number of hydrogen-bond acceptors (Lipinski definition) is 2. The first kappa shape index (κ1) is 15.5. The molecule has 0 atom stereocenters. The Bertz CT molecular complexity index is 520. The normalized spacial score (nSPS) is 14.9. The van der Waals surface area contributed by atoms with Gasteiger partial charge in [0.05, 0.1) is 0 Å². The second-order valence-electron chi connectivity index (χ2n) is 5.63. The number of anilines is 1. The molecular weight excluding hydrogens is 264 g/mol. The number of rotatable bonds is 4. The largest absolute Gasteiger partial charge is 0.342 e. The SMILES string of the molecule is CCc1cccc(C)c1NC(=O)CC(=O)N1CCCCC1. The molecule has 1 saturated heterocycles. The van der Waals surface area contributed by atoms with Gasteiger partial charge in [0.15, 0.2) is 0 Å². The maximum Gasteiger partial charge on any atom is 0.233 e. The summed E-state index contributed by atoms with van der Waals surface area (Å²) >= 11 is 0. The van der Waals surface area contributed by atoms with Gasteiger partial charge in [0.25, 0.3) is 0 Å². The molecule has 1 aromatic rings. The van der Waals surface area contributed by atoms with Gasteiger partial charge in [0, 0.05) is 18.8 Å². The van der Waals surface area contributed by atoms with Crippen LogP contribution >= 0.6 is 0 Å². The summed E-state index contributed by atoms with van der Waals surface area (Å²) in [5, 5.41) is 2.91.